The number of allylic oxidation sites excluding steroid dienone is 1. The van der Waals surface area contributed by atoms with Gasteiger partial charge in [0.2, 0.25) is 5.91 Å². The maximum absolute atomic E-state index is 12.3. The second kappa shape index (κ2) is 12.3. The van der Waals surface area contributed by atoms with Gasteiger partial charge in [0.15, 0.2) is 5.84 Å². The molecule has 5 nitrogen and oxygen atoms in total. The van der Waals surface area contributed by atoms with E-state index in [1.54, 1.807) is 30.4 Å². The van der Waals surface area contributed by atoms with E-state index in [4.69, 9.17) is 27.9 Å². The minimum atomic E-state index is -0.167. The molecular formula is C23H27Cl2N3O2. The fraction of sp³-hybridized carbons (Fsp3) is 0.304. The first-order valence-corrected chi connectivity index (χ1v) is 10.5. The molecule has 1 amide bonds. The van der Waals surface area contributed by atoms with Gasteiger partial charge in [0.25, 0.3) is 0 Å². The Balaban J connectivity index is 2.00. The lowest BCUT2D eigenvalue weighted by Crippen LogP contribution is -2.32. The number of hydrogen-bond donors (Lipinski definition) is 2. The van der Waals surface area contributed by atoms with Crippen molar-refractivity contribution in [2.75, 3.05) is 6.61 Å². The van der Waals surface area contributed by atoms with Crippen LogP contribution in [0.3, 0.4) is 0 Å². The number of carbonyl (C=O) groups is 1. The molecular weight excluding hydrogens is 421 g/mol. The predicted octanol–water partition coefficient (Wildman–Crippen LogP) is 5.37. The van der Waals surface area contributed by atoms with Crippen LogP contribution in [-0.2, 0) is 17.8 Å². The van der Waals surface area contributed by atoms with E-state index < -0.39 is 0 Å². The molecule has 0 aromatic heterocycles. The summed E-state index contributed by atoms with van der Waals surface area (Å²) in [7, 11) is 0. The van der Waals surface area contributed by atoms with Crippen molar-refractivity contribution >= 4 is 34.9 Å². The Kier molecular flexibility index (Phi) is 9.71. The van der Waals surface area contributed by atoms with Gasteiger partial charge in [0.05, 0.1) is 19.6 Å². The van der Waals surface area contributed by atoms with E-state index in [1.165, 1.54) is 0 Å². The van der Waals surface area contributed by atoms with Crippen molar-refractivity contribution in [1.29, 1.82) is 0 Å². The maximum Gasteiger partial charge on any atom is 0.229 e. The van der Waals surface area contributed by atoms with E-state index in [0.29, 0.717) is 35.0 Å². The summed E-state index contributed by atoms with van der Waals surface area (Å²) in [6.45, 7) is 7.06. The van der Waals surface area contributed by atoms with Crippen LogP contribution in [-0.4, -0.2) is 18.3 Å². The van der Waals surface area contributed by atoms with Gasteiger partial charge in [0.1, 0.15) is 5.75 Å². The van der Waals surface area contributed by atoms with Crippen LogP contribution >= 0.6 is 23.2 Å². The van der Waals surface area contributed by atoms with Crippen molar-refractivity contribution < 1.29 is 9.53 Å². The van der Waals surface area contributed by atoms with E-state index in [-0.39, 0.29) is 12.3 Å². The van der Waals surface area contributed by atoms with Gasteiger partial charge in [-0.05, 0) is 54.8 Å². The molecule has 0 atom stereocenters. The smallest absolute Gasteiger partial charge is 0.229 e. The van der Waals surface area contributed by atoms with Gasteiger partial charge in [-0.25, -0.2) is 0 Å². The van der Waals surface area contributed by atoms with Crippen LogP contribution in [0.4, 0.5) is 0 Å². The predicted molar refractivity (Wildman–Crippen MR) is 124 cm³/mol. The van der Waals surface area contributed by atoms with Crippen molar-refractivity contribution in [3.05, 3.63) is 75.8 Å². The molecule has 0 aliphatic rings. The number of amidine groups is 1. The summed E-state index contributed by atoms with van der Waals surface area (Å²) >= 11 is 12.0. The highest BCUT2D eigenvalue weighted by molar-refractivity contribution is 6.30. The Bertz CT molecular complexity index is 894. The van der Waals surface area contributed by atoms with Gasteiger partial charge in [0, 0.05) is 15.6 Å². The third kappa shape index (κ3) is 8.47. The number of rotatable bonds is 9. The number of halogens is 2. The molecule has 0 unspecified atom stereocenters. The summed E-state index contributed by atoms with van der Waals surface area (Å²) in [6.07, 6.45) is 3.76. The number of hydrogen-bond acceptors (Lipinski definition) is 4. The van der Waals surface area contributed by atoms with Crippen LogP contribution in [0, 0.1) is 5.92 Å². The average Bonchev–Trinajstić information content (AvgIpc) is 2.69. The molecule has 2 N–H and O–H groups in total. The van der Waals surface area contributed by atoms with Crippen LogP contribution in [0.1, 0.15) is 31.9 Å². The Morgan fingerprint density at radius 3 is 2.50 bits per heavy atom. The highest BCUT2D eigenvalue weighted by atomic mass is 35.5. The molecule has 0 fully saturated rings. The zero-order chi connectivity index (χ0) is 21.9. The molecule has 0 saturated heterocycles. The molecule has 0 saturated carbocycles. The Labute approximate surface area is 188 Å². The number of hydrazone groups is 1. The molecule has 2 rings (SSSR count). The van der Waals surface area contributed by atoms with Crippen LogP contribution in [0.2, 0.25) is 10.0 Å². The molecule has 2 aromatic rings. The largest absolute Gasteiger partial charge is 0.493 e. The number of nitrogens with one attached hydrogen (secondary N) is 2. The van der Waals surface area contributed by atoms with Gasteiger partial charge in [-0.2, -0.15) is 5.10 Å². The van der Waals surface area contributed by atoms with Crippen molar-refractivity contribution in [3.8, 4) is 5.75 Å². The Morgan fingerprint density at radius 2 is 1.83 bits per heavy atom. The first-order valence-electron chi connectivity index (χ1n) is 9.76. The summed E-state index contributed by atoms with van der Waals surface area (Å²) in [5, 5.41) is 8.36. The normalized spacial score (nSPS) is 11.7. The van der Waals surface area contributed by atoms with Crippen LogP contribution in [0.25, 0.3) is 0 Å². The van der Waals surface area contributed by atoms with Gasteiger partial charge in [-0.15, -0.1) is 0 Å². The van der Waals surface area contributed by atoms with Crippen molar-refractivity contribution in [1.82, 2.24) is 10.7 Å². The van der Waals surface area contributed by atoms with E-state index in [1.807, 2.05) is 31.2 Å². The molecule has 0 radical (unpaired) electrons. The third-order valence-corrected chi connectivity index (χ3v) is 4.42. The van der Waals surface area contributed by atoms with Gasteiger partial charge in [-0.1, -0.05) is 55.3 Å². The van der Waals surface area contributed by atoms with Crippen LogP contribution < -0.4 is 15.5 Å². The van der Waals surface area contributed by atoms with Gasteiger partial charge >= 0.3 is 0 Å². The second-order valence-electron chi connectivity index (χ2n) is 7.14. The summed E-state index contributed by atoms with van der Waals surface area (Å²) in [4.78, 5) is 12.3. The molecule has 0 heterocycles. The fourth-order valence-electron chi connectivity index (χ4n) is 2.53. The first-order chi connectivity index (χ1) is 14.4. The zero-order valence-electron chi connectivity index (χ0n) is 17.4. The first kappa shape index (κ1) is 23.8. The maximum atomic E-state index is 12.3. The molecule has 2 aromatic carbocycles. The SMILES string of the molecule is C/C=C/C(=N\NCc1cc(Cl)ccc1OCC(C)C)NC(=O)Cc1ccc(Cl)cc1. The number of nitrogens with zero attached hydrogens (tertiary/aromatic N) is 1. The third-order valence-electron chi connectivity index (χ3n) is 3.93. The number of ether oxygens (including phenoxy) is 1. The summed E-state index contributed by atoms with van der Waals surface area (Å²) in [6, 6.07) is 12.7. The van der Waals surface area contributed by atoms with E-state index in [9.17, 15) is 4.79 Å². The van der Waals surface area contributed by atoms with Crippen molar-refractivity contribution in [2.45, 2.75) is 33.7 Å². The standard InChI is InChI=1S/C23H27Cl2N3O2/c1-4-5-22(27-23(29)12-17-6-8-19(24)9-7-17)28-26-14-18-13-20(25)10-11-21(18)30-15-16(2)3/h4-11,13,16,26H,12,14-15H2,1-3H3,(H,27,28,29)/b5-4+. The highest BCUT2D eigenvalue weighted by Crippen LogP contribution is 2.23. The fourth-order valence-corrected chi connectivity index (χ4v) is 2.85. The molecule has 160 valence electrons. The molecule has 7 heteroatoms. The number of benzene rings is 2. The highest BCUT2D eigenvalue weighted by Gasteiger charge is 2.08. The molecule has 0 spiro atoms. The lowest BCUT2D eigenvalue weighted by atomic mass is 10.1. The van der Waals surface area contributed by atoms with E-state index >= 15 is 0 Å². The molecule has 30 heavy (non-hydrogen) atoms. The minimum absolute atomic E-state index is 0.167. The summed E-state index contributed by atoms with van der Waals surface area (Å²) in [5.41, 5.74) is 4.74. The lowest BCUT2D eigenvalue weighted by molar-refractivity contribution is -0.119. The summed E-state index contributed by atoms with van der Waals surface area (Å²) in [5.74, 6) is 1.43. The zero-order valence-corrected chi connectivity index (χ0v) is 18.9. The lowest BCUT2D eigenvalue weighted by Gasteiger charge is -2.14. The topological polar surface area (TPSA) is 62.7 Å². The van der Waals surface area contributed by atoms with Gasteiger partial charge < -0.3 is 15.5 Å². The minimum Gasteiger partial charge on any atom is -0.493 e. The quantitative estimate of drug-likeness (QED) is 0.308. The molecule has 0 aliphatic heterocycles. The molecule has 0 bridgehead atoms. The van der Waals surface area contributed by atoms with E-state index in [0.717, 1.165) is 16.9 Å². The van der Waals surface area contributed by atoms with Crippen molar-refractivity contribution in [2.24, 2.45) is 11.0 Å². The second-order valence-corrected chi connectivity index (χ2v) is 8.01. The molecule has 0 aliphatic carbocycles. The monoisotopic (exact) mass is 447 g/mol. The Hall–Kier alpha value is -2.50. The van der Waals surface area contributed by atoms with E-state index in [2.05, 4.69) is 29.7 Å². The van der Waals surface area contributed by atoms with Crippen molar-refractivity contribution in [3.63, 3.8) is 0 Å². The number of carbonyl (C=O) groups excluding carboxylic acids is 1. The average molecular weight is 448 g/mol. The van der Waals surface area contributed by atoms with Gasteiger partial charge in [-0.3, -0.25) is 4.79 Å². The summed E-state index contributed by atoms with van der Waals surface area (Å²) < 4.78 is 5.86. The Morgan fingerprint density at radius 1 is 1.13 bits per heavy atom. The number of amides is 1. The van der Waals surface area contributed by atoms with Crippen LogP contribution in [0.5, 0.6) is 5.75 Å². The van der Waals surface area contributed by atoms with Crippen LogP contribution in [0.15, 0.2) is 59.7 Å².